The van der Waals surface area contributed by atoms with Gasteiger partial charge in [-0.3, -0.25) is 0 Å². The second kappa shape index (κ2) is 1.55. The molecular formula is C6H10S. The molecule has 0 bridgehead atoms. The van der Waals surface area contributed by atoms with Crippen molar-refractivity contribution in [1.82, 2.24) is 0 Å². The molecule has 40 valence electrons. The number of thiocarbonyl (C=S) groups is 1. The lowest BCUT2D eigenvalue weighted by molar-refractivity contribution is 0.429. The summed E-state index contributed by atoms with van der Waals surface area (Å²) in [6, 6.07) is 0. The highest BCUT2D eigenvalue weighted by Crippen LogP contribution is 2.30. The van der Waals surface area contributed by atoms with Gasteiger partial charge in [0.15, 0.2) is 0 Å². The van der Waals surface area contributed by atoms with Crippen molar-refractivity contribution in [3.8, 4) is 0 Å². The van der Waals surface area contributed by atoms with E-state index in [1.165, 1.54) is 11.3 Å². The van der Waals surface area contributed by atoms with Gasteiger partial charge in [-0.15, -0.1) is 0 Å². The monoisotopic (exact) mass is 114 g/mol. The number of hydrogen-bond acceptors (Lipinski definition) is 1. The molecule has 0 aromatic carbocycles. The van der Waals surface area contributed by atoms with Crippen molar-refractivity contribution in [2.45, 2.75) is 20.3 Å². The third-order valence-electron chi connectivity index (χ3n) is 1.88. The Labute approximate surface area is 49.9 Å². The van der Waals surface area contributed by atoms with Crippen LogP contribution >= 0.6 is 12.2 Å². The van der Waals surface area contributed by atoms with Crippen molar-refractivity contribution in [2.24, 2.45) is 11.8 Å². The molecule has 0 aromatic rings. The van der Waals surface area contributed by atoms with Gasteiger partial charge in [-0.1, -0.05) is 26.1 Å². The lowest BCUT2D eigenvalue weighted by Gasteiger charge is -2.31. The Morgan fingerprint density at radius 2 is 2.14 bits per heavy atom. The van der Waals surface area contributed by atoms with Gasteiger partial charge in [0.1, 0.15) is 0 Å². The molecule has 7 heavy (non-hydrogen) atoms. The SMILES string of the molecule is CC1CC(=S)C1C. The molecular weight excluding hydrogens is 104 g/mol. The highest BCUT2D eigenvalue weighted by atomic mass is 32.1. The highest BCUT2D eigenvalue weighted by molar-refractivity contribution is 7.80. The molecule has 0 spiro atoms. The zero-order valence-electron chi connectivity index (χ0n) is 4.77. The predicted octanol–water partition coefficient (Wildman–Crippen LogP) is 2.03. The van der Waals surface area contributed by atoms with Gasteiger partial charge < -0.3 is 0 Å². The first-order chi connectivity index (χ1) is 3.22. The van der Waals surface area contributed by atoms with Crippen molar-refractivity contribution in [2.75, 3.05) is 0 Å². The molecule has 1 heteroatoms. The van der Waals surface area contributed by atoms with Gasteiger partial charge in [-0.05, 0) is 23.1 Å². The largest absolute Gasteiger partial charge is 0.0894 e. The maximum atomic E-state index is 4.98. The van der Waals surface area contributed by atoms with E-state index < -0.39 is 0 Å². The van der Waals surface area contributed by atoms with Gasteiger partial charge in [0.2, 0.25) is 0 Å². The zero-order chi connectivity index (χ0) is 5.44. The van der Waals surface area contributed by atoms with Gasteiger partial charge >= 0.3 is 0 Å². The van der Waals surface area contributed by atoms with E-state index in [4.69, 9.17) is 12.2 Å². The maximum Gasteiger partial charge on any atom is -0.00377 e. The predicted molar refractivity (Wildman–Crippen MR) is 35.5 cm³/mol. The molecule has 0 heterocycles. The smallest absolute Gasteiger partial charge is 0.00377 e. The fraction of sp³-hybridized carbons (Fsp3) is 0.833. The quantitative estimate of drug-likeness (QED) is 0.434. The molecule has 0 aromatic heterocycles. The Hall–Kier alpha value is 0.0900. The minimum Gasteiger partial charge on any atom is -0.0894 e. The van der Waals surface area contributed by atoms with Crippen LogP contribution in [0.1, 0.15) is 20.3 Å². The van der Waals surface area contributed by atoms with Gasteiger partial charge in [0.25, 0.3) is 0 Å². The Balaban J connectivity index is 2.43. The summed E-state index contributed by atoms with van der Waals surface area (Å²) in [7, 11) is 0. The summed E-state index contributed by atoms with van der Waals surface area (Å²) < 4.78 is 0. The molecule has 2 unspecified atom stereocenters. The first-order valence-corrected chi connectivity index (χ1v) is 3.15. The Morgan fingerprint density at radius 3 is 2.14 bits per heavy atom. The summed E-state index contributed by atoms with van der Waals surface area (Å²) in [4.78, 5) is 1.27. The van der Waals surface area contributed by atoms with E-state index in [0.717, 1.165) is 11.8 Å². The fourth-order valence-electron chi connectivity index (χ4n) is 0.837. The van der Waals surface area contributed by atoms with Gasteiger partial charge in [-0.25, -0.2) is 0 Å². The average Bonchev–Trinajstić information content (AvgIpc) is 1.68. The average molecular weight is 114 g/mol. The molecule has 1 saturated carbocycles. The molecule has 0 aliphatic heterocycles. The van der Waals surface area contributed by atoms with Gasteiger partial charge in [0.05, 0.1) is 0 Å². The lowest BCUT2D eigenvalue weighted by Crippen LogP contribution is -2.30. The summed E-state index contributed by atoms with van der Waals surface area (Å²) in [6.07, 6.45) is 1.19. The van der Waals surface area contributed by atoms with E-state index in [2.05, 4.69) is 13.8 Å². The van der Waals surface area contributed by atoms with Crippen LogP contribution in [0.2, 0.25) is 0 Å². The number of hydrogen-bond donors (Lipinski definition) is 0. The van der Waals surface area contributed by atoms with Crippen LogP contribution in [-0.4, -0.2) is 4.86 Å². The molecule has 0 N–H and O–H groups in total. The summed E-state index contributed by atoms with van der Waals surface area (Å²) in [6.45, 7) is 4.46. The summed E-state index contributed by atoms with van der Waals surface area (Å²) >= 11 is 4.98. The molecule has 0 nitrogen and oxygen atoms in total. The second-order valence-corrected chi connectivity index (χ2v) is 2.96. The van der Waals surface area contributed by atoms with E-state index in [0.29, 0.717) is 0 Å². The van der Waals surface area contributed by atoms with Crippen molar-refractivity contribution >= 4 is 17.1 Å². The van der Waals surface area contributed by atoms with Gasteiger partial charge in [-0.2, -0.15) is 0 Å². The molecule has 2 atom stereocenters. The van der Waals surface area contributed by atoms with Crippen LogP contribution in [0, 0.1) is 11.8 Å². The Bertz CT molecular complexity index is 96.4. The molecule has 0 radical (unpaired) electrons. The second-order valence-electron chi connectivity index (χ2n) is 2.44. The molecule has 1 aliphatic rings. The first kappa shape index (κ1) is 5.23. The van der Waals surface area contributed by atoms with Crippen LogP contribution in [0.3, 0.4) is 0 Å². The van der Waals surface area contributed by atoms with Crippen LogP contribution < -0.4 is 0 Å². The van der Waals surface area contributed by atoms with Gasteiger partial charge in [0, 0.05) is 0 Å². The van der Waals surface area contributed by atoms with Crippen molar-refractivity contribution in [3.63, 3.8) is 0 Å². The van der Waals surface area contributed by atoms with Crippen LogP contribution in [0.25, 0.3) is 0 Å². The minimum absolute atomic E-state index is 0.731. The van der Waals surface area contributed by atoms with Crippen molar-refractivity contribution < 1.29 is 0 Å². The van der Waals surface area contributed by atoms with Crippen molar-refractivity contribution in [3.05, 3.63) is 0 Å². The lowest BCUT2D eigenvalue weighted by atomic mass is 9.76. The standard InChI is InChI=1S/C6H10S/c1-4-3-6(7)5(4)2/h4-5H,3H2,1-2H3. The molecule has 0 amide bonds. The normalized spacial score (nSPS) is 40.6. The van der Waals surface area contributed by atoms with Crippen LogP contribution in [0.15, 0.2) is 0 Å². The van der Waals surface area contributed by atoms with E-state index >= 15 is 0 Å². The van der Waals surface area contributed by atoms with Crippen LogP contribution in [0.5, 0.6) is 0 Å². The number of rotatable bonds is 0. The minimum atomic E-state index is 0.731. The highest BCUT2D eigenvalue weighted by Gasteiger charge is 2.27. The van der Waals surface area contributed by atoms with E-state index in [1.54, 1.807) is 0 Å². The molecule has 1 fully saturated rings. The van der Waals surface area contributed by atoms with Crippen LogP contribution in [-0.2, 0) is 0 Å². The van der Waals surface area contributed by atoms with Crippen LogP contribution in [0.4, 0.5) is 0 Å². The zero-order valence-corrected chi connectivity index (χ0v) is 5.59. The summed E-state index contributed by atoms with van der Waals surface area (Å²) in [5.41, 5.74) is 0. The topological polar surface area (TPSA) is 0 Å². The maximum absolute atomic E-state index is 4.98. The Morgan fingerprint density at radius 1 is 1.57 bits per heavy atom. The molecule has 1 aliphatic carbocycles. The third-order valence-corrected chi connectivity index (χ3v) is 2.42. The Kier molecular flexibility index (Phi) is 1.16. The van der Waals surface area contributed by atoms with E-state index in [1.807, 2.05) is 0 Å². The van der Waals surface area contributed by atoms with E-state index in [-0.39, 0.29) is 0 Å². The third kappa shape index (κ3) is 0.697. The molecule has 1 rings (SSSR count). The fourth-order valence-corrected chi connectivity index (χ4v) is 1.33. The van der Waals surface area contributed by atoms with Crippen molar-refractivity contribution in [1.29, 1.82) is 0 Å². The van der Waals surface area contributed by atoms with E-state index in [9.17, 15) is 0 Å². The summed E-state index contributed by atoms with van der Waals surface area (Å²) in [5.74, 6) is 1.60. The molecule has 0 saturated heterocycles. The summed E-state index contributed by atoms with van der Waals surface area (Å²) in [5, 5.41) is 0. The first-order valence-electron chi connectivity index (χ1n) is 2.74.